The van der Waals surface area contributed by atoms with Gasteiger partial charge in [0.1, 0.15) is 18.2 Å². The van der Waals surface area contributed by atoms with Crippen LogP contribution in [0.5, 0.6) is 0 Å². The number of hydrogen-bond donors (Lipinski definition) is 0. The number of ether oxygens (including phenoxy) is 1. The zero-order valence-corrected chi connectivity index (χ0v) is 11.6. The molecule has 0 aromatic heterocycles. The maximum atomic E-state index is 11.7. The van der Waals surface area contributed by atoms with Crippen LogP contribution >= 0.6 is 0 Å². The molecule has 110 valence electrons. The average molecular weight is 289 g/mol. The molecule has 7 nitrogen and oxygen atoms in total. The van der Waals surface area contributed by atoms with Crippen molar-refractivity contribution >= 4 is 17.3 Å². The molecule has 21 heavy (non-hydrogen) atoms. The van der Waals surface area contributed by atoms with E-state index in [0.717, 1.165) is 12.8 Å². The van der Waals surface area contributed by atoms with Crippen LogP contribution in [0.15, 0.2) is 18.2 Å². The van der Waals surface area contributed by atoms with E-state index in [1.807, 2.05) is 11.0 Å². The molecule has 1 saturated carbocycles. The average Bonchev–Trinajstić information content (AvgIpc) is 3.28. The van der Waals surface area contributed by atoms with Gasteiger partial charge >= 0.3 is 5.97 Å². The number of nitro groups is 1. The molecule has 0 N–H and O–H groups in total. The summed E-state index contributed by atoms with van der Waals surface area (Å²) in [6, 6.07) is 6.37. The maximum Gasteiger partial charge on any atom is 0.325 e. The molecular formula is C14H15N3O4. The quantitative estimate of drug-likeness (QED) is 0.451. The molecule has 1 aromatic rings. The van der Waals surface area contributed by atoms with Crippen LogP contribution in [0.2, 0.25) is 0 Å². The van der Waals surface area contributed by atoms with Crippen LogP contribution in [0, 0.1) is 21.4 Å². The van der Waals surface area contributed by atoms with Crippen LogP contribution < -0.4 is 4.90 Å². The highest BCUT2D eigenvalue weighted by Gasteiger charge is 2.31. The van der Waals surface area contributed by atoms with Gasteiger partial charge in [0.25, 0.3) is 5.69 Å². The highest BCUT2D eigenvalue weighted by Crippen LogP contribution is 2.33. The Balaban J connectivity index is 2.27. The summed E-state index contributed by atoms with van der Waals surface area (Å²) >= 11 is 0. The summed E-state index contributed by atoms with van der Waals surface area (Å²) in [5, 5.41) is 19.9. The lowest BCUT2D eigenvalue weighted by Crippen LogP contribution is -2.33. The fraction of sp³-hybridized carbons (Fsp3) is 0.429. The van der Waals surface area contributed by atoms with Gasteiger partial charge in [-0.1, -0.05) is 0 Å². The predicted octanol–water partition coefficient (Wildman–Crippen LogP) is 2.00. The number of nitrogens with zero attached hydrogens (tertiary/aromatic N) is 3. The third kappa shape index (κ3) is 3.48. The Bertz CT molecular complexity index is 605. The van der Waals surface area contributed by atoms with Crippen LogP contribution in [0.25, 0.3) is 0 Å². The highest BCUT2D eigenvalue weighted by atomic mass is 16.6. The van der Waals surface area contributed by atoms with E-state index >= 15 is 0 Å². The molecule has 1 aromatic carbocycles. The number of benzene rings is 1. The first-order valence-electron chi connectivity index (χ1n) is 6.67. The molecule has 1 aliphatic carbocycles. The molecule has 0 atom stereocenters. The first-order chi connectivity index (χ1) is 10.1. The van der Waals surface area contributed by atoms with Crippen molar-refractivity contribution in [2.24, 2.45) is 0 Å². The van der Waals surface area contributed by atoms with E-state index in [1.165, 1.54) is 12.1 Å². The van der Waals surface area contributed by atoms with E-state index in [4.69, 9.17) is 10.00 Å². The Morgan fingerprint density at radius 1 is 1.57 bits per heavy atom. The molecule has 0 radical (unpaired) electrons. The monoisotopic (exact) mass is 289 g/mol. The van der Waals surface area contributed by atoms with Gasteiger partial charge in [0.2, 0.25) is 0 Å². The lowest BCUT2D eigenvalue weighted by Gasteiger charge is -2.23. The summed E-state index contributed by atoms with van der Waals surface area (Å²) in [6.45, 7) is 2.13. The van der Waals surface area contributed by atoms with Gasteiger partial charge in [-0.15, -0.1) is 0 Å². The van der Waals surface area contributed by atoms with Gasteiger partial charge in [0.05, 0.1) is 11.5 Å². The minimum absolute atomic E-state index is 0.00740. The minimum Gasteiger partial charge on any atom is -0.465 e. The molecule has 0 spiro atoms. The van der Waals surface area contributed by atoms with Crippen molar-refractivity contribution in [3.05, 3.63) is 33.9 Å². The van der Waals surface area contributed by atoms with E-state index in [0.29, 0.717) is 12.3 Å². The number of nitriles is 1. The van der Waals surface area contributed by atoms with Crippen LogP contribution in [-0.4, -0.2) is 30.1 Å². The predicted molar refractivity (Wildman–Crippen MR) is 74.8 cm³/mol. The molecule has 0 unspecified atom stereocenters. The van der Waals surface area contributed by atoms with Crippen molar-refractivity contribution in [1.82, 2.24) is 0 Å². The van der Waals surface area contributed by atoms with E-state index in [1.54, 1.807) is 13.0 Å². The lowest BCUT2D eigenvalue weighted by molar-refractivity contribution is -0.385. The third-order valence-electron chi connectivity index (χ3n) is 3.22. The highest BCUT2D eigenvalue weighted by molar-refractivity contribution is 5.77. The Morgan fingerprint density at radius 2 is 2.29 bits per heavy atom. The number of anilines is 1. The second kappa shape index (κ2) is 6.22. The van der Waals surface area contributed by atoms with Gasteiger partial charge in [-0.25, -0.2) is 0 Å². The zero-order chi connectivity index (χ0) is 15.4. The molecule has 1 aliphatic rings. The van der Waals surface area contributed by atoms with Crippen molar-refractivity contribution in [2.75, 3.05) is 18.1 Å². The number of esters is 1. The summed E-state index contributed by atoms with van der Waals surface area (Å²) in [5.41, 5.74) is 0.396. The Hall–Kier alpha value is -2.62. The zero-order valence-electron chi connectivity index (χ0n) is 11.6. The number of rotatable bonds is 6. The summed E-state index contributed by atoms with van der Waals surface area (Å²) in [4.78, 5) is 23.7. The van der Waals surface area contributed by atoms with Gasteiger partial charge in [-0.2, -0.15) is 5.26 Å². The second-order valence-electron chi connectivity index (χ2n) is 4.73. The number of nitro benzene ring substituents is 1. The molecule has 7 heteroatoms. The molecule has 0 saturated heterocycles. The Morgan fingerprint density at radius 3 is 2.81 bits per heavy atom. The van der Waals surface area contributed by atoms with Gasteiger partial charge < -0.3 is 9.64 Å². The standard InChI is InChI=1S/C14H15N3O4/c1-2-21-14(18)9-16(11-3-4-11)12-5-6-13(17(19)20)10(7-12)8-15/h5-7,11H,2-4,9H2,1H3. The molecule has 0 amide bonds. The van der Waals surface area contributed by atoms with Crippen LogP contribution in [-0.2, 0) is 9.53 Å². The lowest BCUT2D eigenvalue weighted by atomic mass is 10.1. The number of carbonyl (C=O) groups excluding carboxylic acids is 1. The van der Waals surface area contributed by atoms with E-state index in [2.05, 4.69) is 0 Å². The van der Waals surface area contributed by atoms with Crippen LogP contribution in [0.4, 0.5) is 11.4 Å². The third-order valence-corrected chi connectivity index (χ3v) is 3.22. The fourth-order valence-corrected chi connectivity index (χ4v) is 2.11. The fourth-order valence-electron chi connectivity index (χ4n) is 2.11. The van der Waals surface area contributed by atoms with Gasteiger partial charge in [0.15, 0.2) is 0 Å². The Labute approximate surface area is 121 Å². The van der Waals surface area contributed by atoms with Gasteiger partial charge in [0, 0.05) is 17.8 Å². The Kier molecular flexibility index (Phi) is 4.38. The molecule has 2 rings (SSSR count). The summed E-state index contributed by atoms with van der Waals surface area (Å²) in [6.07, 6.45) is 1.91. The maximum absolute atomic E-state index is 11.7. The second-order valence-corrected chi connectivity index (χ2v) is 4.73. The first kappa shape index (κ1) is 14.8. The number of carbonyl (C=O) groups is 1. The van der Waals surface area contributed by atoms with Crippen molar-refractivity contribution < 1.29 is 14.5 Å². The first-order valence-corrected chi connectivity index (χ1v) is 6.67. The van der Waals surface area contributed by atoms with E-state index in [9.17, 15) is 14.9 Å². The number of hydrogen-bond acceptors (Lipinski definition) is 6. The minimum atomic E-state index is -0.588. The molecule has 0 aliphatic heterocycles. The van der Waals surface area contributed by atoms with Gasteiger partial charge in [-0.3, -0.25) is 14.9 Å². The smallest absolute Gasteiger partial charge is 0.325 e. The van der Waals surface area contributed by atoms with Crippen molar-refractivity contribution in [3.63, 3.8) is 0 Å². The topological polar surface area (TPSA) is 96.5 Å². The van der Waals surface area contributed by atoms with E-state index < -0.39 is 4.92 Å². The molecular weight excluding hydrogens is 274 g/mol. The van der Waals surface area contributed by atoms with Gasteiger partial charge in [-0.05, 0) is 31.9 Å². The summed E-state index contributed by atoms with van der Waals surface area (Å²) in [5.74, 6) is -0.346. The van der Waals surface area contributed by atoms with Crippen LogP contribution in [0.1, 0.15) is 25.3 Å². The summed E-state index contributed by atoms with van der Waals surface area (Å²) in [7, 11) is 0. The van der Waals surface area contributed by atoms with Crippen LogP contribution in [0.3, 0.4) is 0 Å². The van der Waals surface area contributed by atoms with Crippen molar-refractivity contribution in [3.8, 4) is 6.07 Å². The van der Waals surface area contributed by atoms with Crippen molar-refractivity contribution in [2.45, 2.75) is 25.8 Å². The van der Waals surface area contributed by atoms with E-state index in [-0.39, 0.29) is 29.8 Å². The SMILES string of the molecule is CCOC(=O)CN(c1ccc([N+](=O)[O-])c(C#N)c1)C1CC1. The van der Waals surface area contributed by atoms with Crippen molar-refractivity contribution in [1.29, 1.82) is 5.26 Å². The molecule has 0 heterocycles. The summed E-state index contributed by atoms with van der Waals surface area (Å²) < 4.78 is 4.94. The molecule has 0 bridgehead atoms. The normalized spacial score (nSPS) is 13.3. The largest absolute Gasteiger partial charge is 0.465 e. The molecule has 1 fully saturated rings.